The molecule has 0 atom stereocenters. The predicted molar refractivity (Wildman–Crippen MR) is 103 cm³/mol. The van der Waals surface area contributed by atoms with Crippen LogP contribution < -0.4 is 10.1 Å². The third kappa shape index (κ3) is 4.63. The monoisotopic (exact) mass is 413 g/mol. The van der Waals surface area contributed by atoms with Crippen LogP contribution in [-0.4, -0.2) is 25.7 Å². The summed E-state index contributed by atoms with van der Waals surface area (Å²) in [6, 6.07) is 12.4. The lowest BCUT2D eigenvalue weighted by Crippen LogP contribution is -2.50. The summed E-state index contributed by atoms with van der Waals surface area (Å²) < 4.78 is 11.0. The van der Waals surface area contributed by atoms with E-state index in [9.17, 15) is 4.79 Å². The summed E-state index contributed by atoms with van der Waals surface area (Å²) in [5, 5.41) is 4.59. The molecule has 0 aromatic heterocycles. The Bertz CT molecular complexity index is 774. The number of rotatable bonds is 5. The minimum atomic E-state index is -0.485. The van der Waals surface area contributed by atoms with Crippen molar-refractivity contribution < 1.29 is 14.3 Å². The first-order valence-corrected chi connectivity index (χ1v) is 9.35. The molecule has 1 saturated heterocycles. The van der Waals surface area contributed by atoms with E-state index in [4.69, 9.17) is 44.3 Å². The van der Waals surface area contributed by atoms with Gasteiger partial charge in [-0.25, -0.2) is 0 Å². The molecular formula is C19H18Cl3NO3. The van der Waals surface area contributed by atoms with Crippen LogP contribution in [0.4, 0.5) is 0 Å². The normalized spacial score (nSPS) is 16.1. The Hall–Kier alpha value is -1.46. The van der Waals surface area contributed by atoms with E-state index in [2.05, 4.69) is 5.32 Å². The molecule has 1 N–H and O–H groups in total. The summed E-state index contributed by atoms with van der Waals surface area (Å²) >= 11 is 17.8. The van der Waals surface area contributed by atoms with Gasteiger partial charge in [0.15, 0.2) is 6.61 Å². The van der Waals surface area contributed by atoms with Gasteiger partial charge in [0, 0.05) is 24.3 Å². The smallest absolute Gasteiger partial charge is 0.258 e. The van der Waals surface area contributed by atoms with E-state index < -0.39 is 5.54 Å². The Morgan fingerprint density at radius 3 is 2.38 bits per heavy atom. The molecule has 0 spiro atoms. The standard InChI is InChI=1S/C19H18Cl3NO3/c20-14-3-1-13(2-4-14)19(7-9-25-10-8-19)23-18(24)12-26-15-5-6-16(21)17(22)11-15/h1-6,11H,7-10,12H2,(H,23,24). The van der Waals surface area contributed by atoms with Crippen LogP contribution in [0.15, 0.2) is 42.5 Å². The Morgan fingerprint density at radius 1 is 1.04 bits per heavy atom. The minimum absolute atomic E-state index is 0.117. The minimum Gasteiger partial charge on any atom is -0.484 e. The second-order valence-corrected chi connectivity index (χ2v) is 7.36. The van der Waals surface area contributed by atoms with Crippen LogP contribution in [0.5, 0.6) is 5.75 Å². The van der Waals surface area contributed by atoms with E-state index >= 15 is 0 Å². The number of hydrogen-bond donors (Lipinski definition) is 1. The van der Waals surface area contributed by atoms with Crippen LogP contribution in [0.3, 0.4) is 0 Å². The van der Waals surface area contributed by atoms with Gasteiger partial charge in [-0.05, 0) is 42.7 Å². The third-order valence-corrected chi connectivity index (χ3v) is 5.37. The average molecular weight is 415 g/mol. The van der Waals surface area contributed by atoms with Gasteiger partial charge in [0.25, 0.3) is 5.91 Å². The van der Waals surface area contributed by atoms with E-state index in [-0.39, 0.29) is 12.5 Å². The molecule has 2 aromatic rings. The van der Waals surface area contributed by atoms with E-state index in [1.807, 2.05) is 24.3 Å². The zero-order valence-corrected chi connectivity index (χ0v) is 16.2. The highest BCUT2D eigenvalue weighted by Gasteiger charge is 2.36. The second-order valence-electron chi connectivity index (χ2n) is 6.11. The Balaban J connectivity index is 1.69. The average Bonchev–Trinajstić information content (AvgIpc) is 2.64. The van der Waals surface area contributed by atoms with E-state index in [0.29, 0.717) is 46.9 Å². The largest absolute Gasteiger partial charge is 0.484 e. The molecule has 2 aromatic carbocycles. The van der Waals surface area contributed by atoms with Gasteiger partial charge in [0.1, 0.15) is 5.75 Å². The number of amides is 1. The zero-order chi connectivity index (χ0) is 18.6. The fourth-order valence-electron chi connectivity index (χ4n) is 2.99. The van der Waals surface area contributed by atoms with Gasteiger partial charge in [0.05, 0.1) is 15.6 Å². The second kappa shape index (κ2) is 8.49. The van der Waals surface area contributed by atoms with E-state index in [1.165, 1.54) is 0 Å². The van der Waals surface area contributed by atoms with Crippen molar-refractivity contribution >= 4 is 40.7 Å². The van der Waals surface area contributed by atoms with Gasteiger partial charge >= 0.3 is 0 Å². The Morgan fingerprint density at radius 2 is 1.73 bits per heavy atom. The zero-order valence-electron chi connectivity index (χ0n) is 13.9. The molecule has 26 heavy (non-hydrogen) atoms. The maximum absolute atomic E-state index is 12.5. The highest BCUT2D eigenvalue weighted by molar-refractivity contribution is 6.42. The van der Waals surface area contributed by atoms with Crippen molar-refractivity contribution in [1.29, 1.82) is 0 Å². The van der Waals surface area contributed by atoms with Crippen molar-refractivity contribution in [2.75, 3.05) is 19.8 Å². The first-order valence-electron chi connectivity index (χ1n) is 8.21. The molecular weight excluding hydrogens is 397 g/mol. The number of carbonyl (C=O) groups excluding carboxylic acids is 1. The maximum atomic E-state index is 12.5. The highest BCUT2D eigenvalue weighted by atomic mass is 35.5. The van der Waals surface area contributed by atoms with Gasteiger partial charge in [-0.1, -0.05) is 46.9 Å². The molecule has 1 aliphatic rings. The number of nitrogens with one attached hydrogen (secondary N) is 1. The summed E-state index contributed by atoms with van der Waals surface area (Å²) in [4.78, 5) is 12.5. The molecule has 3 rings (SSSR count). The molecule has 0 saturated carbocycles. The first kappa shape index (κ1) is 19.3. The summed E-state index contributed by atoms with van der Waals surface area (Å²) in [5.41, 5.74) is 0.522. The molecule has 0 aliphatic carbocycles. The fraction of sp³-hybridized carbons (Fsp3) is 0.316. The van der Waals surface area contributed by atoms with Gasteiger partial charge in [-0.3, -0.25) is 4.79 Å². The maximum Gasteiger partial charge on any atom is 0.258 e. The van der Waals surface area contributed by atoms with Crippen molar-refractivity contribution in [3.63, 3.8) is 0 Å². The molecule has 1 amide bonds. The summed E-state index contributed by atoms with van der Waals surface area (Å²) in [6.07, 6.45) is 1.38. The number of ether oxygens (including phenoxy) is 2. The molecule has 0 unspecified atom stereocenters. The van der Waals surface area contributed by atoms with E-state index in [0.717, 1.165) is 5.56 Å². The quantitative estimate of drug-likeness (QED) is 0.761. The van der Waals surface area contributed by atoms with Crippen molar-refractivity contribution in [3.05, 3.63) is 63.1 Å². The van der Waals surface area contributed by atoms with Crippen LogP contribution in [0.1, 0.15) is 18.4 Å². The van der Waals surface area contributed by atoms with Crippen molar-refractivity contribution in [1.82, 2.24) is 5.32 Å². The first-order chi connectivity index (χ1) is 12.5. The predicted octanol–water partition coefficient (Wildman–Crippen LogP) is 4.85. The SMILES string of the molecule is O=C(COc1ccc(Cl)c(Cl)c1)NC1(c2ccc(Cl)cc2)CCOCC1. The summed E-state index contributed by atoms with van der Waals surface area (Å²) in [7, 11) is 0. The van der Waals surface area contributed by atoms with Crippen LogP contribution in [0, 0.1) is 0 Å². The molecule has 0 radical (unpaired) electrons. The number of hydrogen-bond acceptors (Lipinski definition) is 3. The van der Waals surface area contributed by atoms with Gasteiger partial charge in [-0.15, -0.1) is 0 Å². The third-order valence-electron chi connectivity index (χ3n) is 4.38. The lowest BCUT2D eigenvalue weighted by molar-refractivity contribution is -0.126. The molecule has 138 valence electrons. The van der Waals surface area contributed by atoms with Gasteiger partial charge in [-0.2, -0.15) is 0 Å². The molecule has 1 heterocycles. The molecule has 4 nitrogen and oxygen atoms in total. The van der Waals surface area contributed by atoms with Crippen LogP contribution in [-0.2, 0) is 15.1 Å². The lowest BCUT2D eigenvalue weighted by atomic mass is 9.82. The number of benzene rings is 2. The fourth-order valence-corrected chi connectivity index (χ4v) is 3.41. The van der Waals surface area contributed by atoms with Crippen LogP contribution in [0.2, 0.25) is 15.1 Å². The Labute approximate surface area is 167 Å². The van der Waals surface area contributed by atoms with Crippen LogP contribution in [0.25, 0.3) is 0 Å². The van der Waals surface area contributed by atoms with Crippen molar-refractivity contribution in [2.45, 2.75) is 18.4 Å². The van der Waals surface area contributed by atoms with Crippen molar-refractivity contribution in [3.8, 4) is 5.75 Å². The van der Waals surface area contributed by atoms with Gasteiger partial charge < -0.3 is 14.8 Å². The highest BCUT2D eigenvalue weighted by Crippen LogP contribution is 2.33. The topological polar surface area (TPSA) is 47.6 Å². The van der Waals surface area contributed by atoms with Gasteiger partial charge in [0.2, 0.25) is 0 Å². The molecule has 1 aliphatic heterocycles. The molecule has 7 heteroatoms. The lowest BCUT2D eigenvalue weighted by Gasteiger charge is -2.38. The summed E-state index contributed by atoms with van der Waals surface area (Å²) in [6.45, 7) is 1.04. The van der Waals surface area contributed by atoms with Crippen molar-refractivity contribution in [2.24, 2.45) is 0 Å². The number of halogens is 3. The molecule has 1 fully saturated rings. The van der Waals surface area contributed by atoms with E-state index in [1.54, 1.807) is 18.2 Å². The molecule has 0 bridgehead atoms. The van der Waals surface area contributed by atoms with Crippen LogP contribution >= 0.6 is 34.8 Å². The number of carbonyl (C=O) groups is 1. The Kier molecular flexibility index (Phi) is 6.30. The summed E-state index contributed by atoms with van der Waals surface area (Å²) in [5.74, 6) is 0.273.